The van der Waals surface area contributed by atoms with Crippen molar-refractivity contribution < 1.29 is 21.6 Å². The van der Waals surface area contributed by atoms with Gasteiger partial charge in [-0.05, 0) is 35.9 Å². The van der Waals surface area contributed by atoms with E-state index in [4.69, 9.17) is 11.6 Å². The third-order valence-electron chi connectivity index (χ3n) is 4.77. The molecule has 0 radical (unpaired) electrons. The van der Waals surface area contributed by atoms with E-state index in [1.807, 2.05) is 0 Å². The molecule has 0 amide bonds. The average molecular weight is 483 g/mol. The van der Waals surface area contributed by atoms with Crippen LogP contribution in [0.3, 0.4) is 0 Å². The zero-order valence-electron chi connectivity index (χ0n) is 16.3. The Morgan fingerprint density at radius 1 is 1.06 bits per heavy atom. The first kappa shape index (κ1) is 22.0. The maximum Gasteiger partial charge on any atom is 0.417 e. The van der Waals surface area contributed by atoms with Crippen molar-refractivity contribution in [2.45, 2.75) is 18.0 Å². The summed E-state index contributed by atoms with van der Waals surface area (Å²) in [4.78, 5) is 16.7. The van der Waals surface area contributed by atoms with E-state index in [1.54, 1.807) is 24.3 Å². The minimum atomic E-state index is -4.66. The summed E-state index contributed by atoms with van der Waals surface area (Å²) in [6.07, 6.45) is -2.70. The van der Waals surface area contributed by atoms with Crippen molar-refractivity contribution in [3.05, 3.63) is 75.9 Å². The number of pyridine rings is 2. The first-order valence-corrected chi connectivity index (χ1v) is 11.2. The summed E-state index contributed by atoms with van der Waals surface area (Å²) < 4.78 is 66.0. The van der Waals surface area contributed by atoms with E-state index in [2.05, 4.69) is 10.1 Å². The van der Waals surface area contributed by atoms with Crippen LogP contribution in [0.5, 0.6) is 0 Å². The van der Waals surface area contributed by atoms with E-state index in [9.17, 15) is 26.4 Å². The maximum atomic E-state index is 13.0. The molecule has 0 aliphatic heterocycles. The molecule has 3 heterocycles. The molecular formula is C20H14ClF3N4O3S. The first-order valence-electron chi connectivity index (χ1n) is 9.19. The molecule has 3 aromatic heterocycles. The average Bonchev–Trinajstić information content (AvgIpc) is 3.09. The molecule has 1 aromatic carbocycles. The van der Waals surface area contributed by atoms with Crippen LogP contribution in [0.15, 0.2) is 64.5 Å². The van der Waals surface area contributed by atoms with Gasteiger partial charge in [0, 0.05) is 23.0 Å². The molecule has 0 atom stereocenters. The Balaban J connectivity index is 1.95. The van der Waals surface area contributed by atoms with E-state index < -0.39 is 27.3 Å². The first-order chi connectivity index (χ1) is 15.0. The van der Waals surface area contributed by atoms with Crippen molar-refractivity contribution in [1.82, 2.24) is 19.2 Å². The molecule has 0 bridgehead atoms. The topological polar surface area (TPSA) is 86.3 Å². The highest BCUT2D eigenvalue weighted by Crippen LogP contribution is 2.29. The summed E-state index contributed by atoms with van der Waals surface area (Å²) in [5.74, 6) is -0.585. The highest BCUT2D eigenvalue weighted by Gasteiger charge is 2.31. The number of nitrogens with zero attached hydrogens (tertiary/aromatic N) is 4. The smallest absolute Gasteiger partial charge is 0.249 e. The Kier molecular flexibility index (Phi) is 5.33. The zero-order chi connectivity index (χ0) is 23.3. The molecule has 0 unspecified atom stereocenters. The number of hydrogen-bond acceptors (Lipinski definition) is 5. The molecule has 0 aliphatic carbocycles. The molecule has 0 saturated heterocycles. The molecule has 7 nitrogen and oxygen atoms in total. The van der Waals surface area contributed by atoms with Gasteiger partial charge in [-0.1, -0.05) is 30.7 Å². The van der Waals surface area contributed by atoms with Gasteiger partial charge >= 0.3 is 11.9 Å². The monoisotopic (exact) mass is 482 g/mol. The highest BCUT2D eigenvalue weighted by atomic mass is 35.5. The Morgan fingerprint density at radius 2 is 1.75 bits per heavy atom. The summed E-state index contributed by atoms with van der Waals surface area (Å²) >= 11 is 5.90. The van der Waals surface area contributed by atoms with E-state index in [1.165, 1.54) is 19.2 Å². The standard InChI is InChI=1S/C20H14ClF3N4O3S/c1-2-32(30,31)16-9-13(12-3-6-15(21)7-4-12)10-25-18(16)28-19(29)27-11-14(20(22,23)24)5-8-17(27)26-28/h3-11H,2H2,1H3. The Hall–Kier alpha value is -3.18. The maximum absolute atomic E-state index is 13.0. The van der Waals surface area contributed by atoms with Crippen molar-refractivity contribution >= 4 is 27.1 Å². The van der Waals surface area contributed by atoms with Crippen LogP contribution in [-0.4, -0.2) is 33.3 Å². The minimum Gasteiger partial charge on any atom is -0.249 e. The van der Waals surface area contributed by atoms with Gasteiger partial charge in [0.05, 0.1) is 11.3 Å². The zero-order valence-corrected chi connectivity index (χ0v) is 17.9. The minimum absolute atomic E-state index is 0.0913. The van der Waals surface area contributed by atoms with Crippen LogP contribution in [0, 0.1) is 0 Å². The largest absolute Gasteiger partial charge is 0.417 e. The van der Waals surface area contributed by atoms with Crippen molar-refractivity contribution in [2.24, 2.45) is 0 Å². The van der Waals surface area contributed by atoms with Gasteiger partial charge in [-0.15, -0.1) is 5.10 Å². The molecule has 0 aliphatic rings. The lowest BCUT2D eigenvalue weighted by Gasteiger charge is -2.10. The fraction of sp³-hybridized carbons (Fsp3) is 0.150. The number of rotatable bonds is 4. The van der Waals surface area contributed by atoms with Gasteiger partial charge in [-0.25, -0.2) is 22.6 Å². The lowest BCUT2D eigenvalue weighted by atomic mass is 10.1. The lowest BCUT2D eigenvalue weighted by Crippen LogP contribution is -2.23. The molecule has 32 heavy (non-hydrogen) atoms. The van der Waals surface area contributed by atoms with Crippen LogP contribution in [0.25, 0.3) is 22.6 Å². The van der Waals surface area contributed by atoms with Gasteiger partial charge in [0.25, 0.3) is 0 Å². The molecule has 0 fully saturated rings. The van der Waals surface area contributed by atoms with Crippen LogP contribution >= 0.6 is 11.6 Å². The van der Waals surface area contributed by atoms with Crippen molar-refractivity contribution in [2.75, 3.05) is 5.75 Å². The fourth-order valence-electron chi connectivity index (χ4n) is 3.06. The molecule has 0 saturated carbocycles. The fourth-order valence-corrected chi connectivity index (χ4v) is 4.22. The third-order valence-corrected chi connectivity index (χ3v) is 6.75. The summed E-state index contributed by atoms with van der Waals surface area (Å²) in [6.45, 7) is 1.43. The van der Waals surface area contributed by atoms with Gasteiger partial charge in [0.2, 0.25) is 0 Å². The van der Waals surface area contributed by atoms with Gasteiger partial charge in [-0.2, -0.15) is 17.9 Å². The Labute approximate surface area is 184 Å². The highest BCUT2D eigenvalue weighted by molar-refractivity contribution is 7.91. The van der Waals surface area contributed by atoms with Crippen LogP contribution in [0.2, 0.25) is 5.02 Å². The van der Waals surface area contributed by atoms with Gasteiger partial charge < -0.3 is 0 Å². The molecule has 4 rings (SSSR count). The second kappa shape index (κ2) is 7.75. The third kappa shape index (κ3) is 3.89. The van der Waals surface area contributed by atoms with Crippen LogP contribution < -0.4 is 5.69 Å². The van der Waals surface area contributed by atoms with E-state index >= 15 is 0 Å². The van der Waals surface area contributed by atoms with Crippen molar-refractivity contribution in [1.29, 1.82) is 0 Å². The molecule has 166 valence electrons. The second-order valence-corrected chi connectivity index (χ2v) is 9.48. The summed E-state index contributed by atoms with van der Waals surface area (Å²) in [5.41, 5.74) is -1.03. The lowest BCUT2D eigenvalue weighted by molar-refractivity contribution is -0.137. The summed E-state index contributed by atoms with van der Waals surface area (Å²) in [7, 11) is -3.88. The normalized spacial score (nSPS) is 12.4. The predicted octanol–water partition coefficient (Wildman–Crippen LogP) is 4.01. The number of alkyl halides is 3. The number of benzene rings is 1. The number of aromatic nitrogens is 4. The molecule has 12 heteroatoms. The quantitative estimate of drug-likeness (QED) is 0.438. The Morgan fingerprint density at radius 3 is 2.38 bits per heavy atom. The summed E-state index contributed by atoms with van der Waals surface area (Å²) in [6, 6.07) is 9.77. The Bertz CT molecular complexity index is 1490. The second-order valence-electron chi connectivity index (χ2n) is 6.79. The van der Waals surface area contributed by atoms with Crippen LogP contribution in [0.4, 0.5) is 13.2 Å². The number of sulfone groups is 1. The molecule has 0 N–H and O–H groups in total. The van der Waals surface area contributed by atoms with Crippen molar-refractivity contribution in [3.63, 3.8) is 0 Å². The number of hydrogen-bond donors (Lipinski definition) is 0. The predicted molar refractivity (Wildman–Crippen MR) is 112 cm³/mol. The molecule has 4 aromatic rings. The van der Waals surface area contributed by atoms with Gasteiger partial charge in [-0.3, -0.25) is 0 Å². The summed E-state index contributed by atoms with van der Waals surface area (Å²) in [5, 5.41) is 4.48. The van der Waals surface area contributed by atoms with Gasteiger partial charge in [0.1, 0.15) is 4.90 Å². The number of halogens is 4. The van der Waals surface area contributed by atoms with Crippen LogP contribution in [0.1, 0.15) is 12.5 Å². The van der Waals surface area contributed by atoms with Gasteiger partial charge in [0.15, 0.2) is 21.3 Å². The van der Waals surface area contributed by atoms with E-state index in [0.29, 0.717) is 31.4 Å². The van der Waals surface area contributed by atoms with Crippen LogP contribution in [-0.2, 0) is 16.0 Å². The SMILES string of the molecule is CCS(=O)(=O)c1cc(-c2ccc(Cl)cc2)cnc1-n1nc2ccc(C(F)(F)F)cn2c1=O. The molecule has 0 spiro atoms. The number of fused-ring (bicyclic) bond motifs is 1. The van der Waals surface area contributed by atoms with Crippen molar-refractivity contribution in [3.8, 4) is 16.9 Å². The van der Waals surface area contributed by atoms with E-state index in [-0.39, 0.29) is 22.1 Å². The van der Waals surface area contributed by atoms with E-state index in [0.717, 1.165) is 12.1 Å². The molecular weight excluding hydrogens is 469 g/mol.